The molecule has 0 aliphatic carbocycles. The molecule has 24 heavy (non-hydrogen) atoms. The van der Waals surface area contributed by atoms with E-state index in [0.29, 0.717) is 18.0 Å². The summed E-state index contributed by atoms with van der Waals surface area (Å²) in [5, 5.41) is 2.03. The van der Waals surface area contributed by atoms with Crippen molar-refractivity contribution in [3.05, 3.63) is 51.7 Å². The Bertz CT molecular complexity index is 721. The molecule has 0 fully saturated rings. The van der Waals surface area contributed by atoms with Gasteiger partial charge in [-0.05, 0) is 54.1 Å². The number of thiophene rings is 1. The molecule has 0 bridgehead atoms. The SMILES string of the molecule is COc1ccc(CCN(C)C(=O)/C=C/c2sccc2C)cc1OC. The van der Waals surface area contributed by atoms with Gasteiger partial charge >= 0.3 is 0 Å². The van der Waals surface area contributed by atoms with E-state index in [1.54, 1.807) is 36.5 Å². The first-order valence-electron chi connectivity index (χ1n) is 7.73. The maximum absolute atomic E-state index is 12.2. The number of likely N-dealkylation sites (N-methyl/N-ethyl adjacent to an activating group) is 1. The average molecular weight is 345 g/mol. The number of benzene rings is 1. The van der Waals surface area contributed by atoms with Gasteiger partial charge in [0.1, 0.15) is 0 Å². The van der Waals surface area contributed by atoms with Crippen molar-refractivity contribution < 1.29 is 14.3 Å². The summed E-state index contributed by atoms with van der Waals surface area (Å²) in [6.07, 6.45) is 4.27. The first-order chi connectivity index (χ1) is 11.5. The number of hydrogen-bond donors (Lipinski definition) is 0. The predicted octanol–water partition coefficient (Wildman–Crippen LogP) is 3.79. The highest BCUT2D eigenvalue weighted by Gasteiger charge is 2.08. The number of aryl methyl sites for hydroxylation is 1. The van der Waals surface area contributed by atoms with Gasteiger partial charge in [0, 0.05) is 24.5 Å². The summed E-state index contributed by atoms with van der Waals surface area (Å²) in [7, 11) is 5.05. The third-order valence-corrected chi connectivity index (χ3v) is 4.82. The number of nitrogens with zero attached hydrogens (tertiary/aromatic N) is 1. The zero-order valence-electron chi connectivity index (χ0n) is 14.5. The highest BCUT2D eigenvalue weighted by Crippen LogP contribution is 2.27. The van der Waals surface area contributed by atoms with Crippen LogP contribution in [0, 0.1) is 6.92 Å². The Balaban J connectivity index is 1.92. The number of ether oxygens (including phenoxy) is 2. The first kappa shape index (κ1) is 18.1. The maximum atomic E-state index is 12.2. The van der Waals surface area contributed by atoms with Crippen LogP contribution in [0.1, 0.15) is 16.0 Å². The zero-order valence-corrected chi connectivity index (χ0v) is 15.4. The Kier molecular flexibility index (Phi) is 6.44. The maximum Gasteiger partial charge on any atom is 0.246 e. The molecule has 1 heterocycles. The van der Waals surface area contributed by atoms with Gasteiger partial charge < -0.3 is 14.4 Å². The lowest BCUT2D eigenvalue weighted by molar-refractivity contribution is -0.124. The molecule has 4 nitrogen and oxygen atoms in total. The van der Waals surface area contributed by atoms with E-state index < -0.39 is 0 Å². The molecular weight excluding hydrogens is 322 g/mol. The smallest absolute Gasteiger partial charge is 0.246 e. The fourth-order valence-electron chi connectivity index (χ4n) is 2.27. The Morgan fingerprint density at radius 1 is 1.21 bits per heavy atom. The second-order valence-electron chi connectivity index (χ2n) is 5.50. The van der Waals surface area contributed by atoms with Gasteiger partial charge in [-0.3, -0.25) is 4.79 Å². The van der Waals surface area contributed by atoms with Crippen LogP contribution in [-0.4, -0.2) is 38.6 Å². The van der Waals surface area contributed by atoms with Crippen molar-refractivity contribution in [1.29, 1.82) is 0 Å². The van der Waals surface area contributed by atoms with Crippen molar-refractivity contribution in [2.24, 2.45) is 0 Å². The van der Waals surface area contributed by atoms with E-state index >= 15 is 0 Å². The second kappa shape index (κ2) is 8.55. The van der Waals surface area contributed by atoms with Crippen molar-refractivity contribution in [3.63, 3.8) is 0 Å². The zero-order chi connectivity index (χ0) is 17.5. The monoisotopic (exact) mass is 345 g/mol. The van der Waals surface area contributed by atoms with Gasteiger partial charge in [-0.25, -0.2) is 0 Å². The molecule has 0 aliphatic rings. The van der Waals surface area contributed by atoms with Crippen molar-refractivity contribution in [2.45, 2.75) is 13.3 Å². The molecule has 2 aromatic rings. The standard InChI is InChI=1S/C19H23NO3S/c1-14-10-12-24-18(14)7-8-19(21)20(2)11-9-15-5-6-16(22-3)17(13-15)23-4/h5-8,10,12-13H,9,11H2,1-4H3/b8-7+. The molecule has 1 amide bonds. The van der Waals surface area contributed by atoms with Crippen LogP contribution in [0.2, 0.25) is 0 Å². The van der Waals surface area contributed by atoms with E-state index in [0.717, 1.165) is 16.9 Å². The highest BCUT2D eigenvalue weighted by molar-refractivity contribution is 7.11. The van der Waals surface area contributed by atoms with Gasteiger partial charge in [-0.1, -0.05) is 6.07 Å². The fourth-order valence-corrected chi connectivity index (χ4v) is 3.09. The number of amides is 1. The van der Waals surface area contributed by atoms with E-state index in [2.05, 4.69) is 6.07 Å². The molecular formula is C19H23NO3S. The van der Waals surface area contributed by atoms with Crippen LogP contribution in [0.15, 0.2) is 35.7 Å². The van der Waals surface area contributed by atoms with Crippen LogP contribution in [0.25, 0.3) is 6.08 Å². The predicted molar refractivity (Wildman–Crippen MR) is 99.0 cm³/mol. The Morgan fingerprint density at radius 3 is 2.58 bits per heavy atom. The molecule has 128 valence electrons. The molecule has 0 radical (unpaired) electrons. The molecule has 5 heteroatoms. The van der Waals surface area contributed by atoms with Crippen LogP contribution in [0.4, 0.5) is 0 Å². The van der Waals surface area contributed by atoms with Crippen molar-refractivity contribution in [2.75, 3.05) is 27.8 Å². The molecule has 0 saturated heterocycles. The second-order valence-corrected chi connectivity index (χ2v) is 6.45. The average Bonchev–Trinajstić information content (AvgIpc) is 3.02. The molecule has 0 N–H and O–H groups in total. The number of hydrogen-bond acceptors (Lipinski definition) is 4. The molecule has 1 aromatic carbocycles. The number of carbonyl (C=O) groups is 1. The summed E-state index contributed by atoms with van der Waals surface area (Å²) in [4.78, 5) is 15.0. The quantitative estimate of drug-likeness (QED) is 0.717. The highest BCUT2D eigenvalue weighted by atomic mass is 32.1. The van der Waals surface area contributed by atoms with Crippen LogP contribution in [0.5, 0.6) is 11.5 Å². The summed E-state index contributed by atoms with van der Waals surface area (Å²) in [5.74, 6) is 1.42. The summed E-state index contributed by atoms with van der Waals surface area (Å²) in [5.41, 5.74) is 2.29. The van der Waals surface area contributed by atoms with E-state index in [1.165, 1.54) is 5.56 Å². The lowest BCUT2D eigenvalue weighted by atomic mass is 10.1. The third-order valence-electron chi connectivity index (χ3n) is 3.84. The fraction of sp³-hybridized carbons (Fsp3) is 0.316. The molecule has 0 spiro atoms. The van der Waals surface area contributed by atoms with E-state index in [-0.39, 0.29) is 5.91 Å². The Hall–Kier alpha value is -2.27. The normalized spacial score (nSPS) is 10.8. The van der Waals surface area contributed by atoms with E-state index in [4.69, 9.17) is 9.47 Å². The largest absolute Gasteiger partial charge is 0.493 e. The first-order valence-corrected chi connectivity index (χ1v) is 8.61. The molecule has 0 aliphatic heterocycles. The molecule has 0 atom stereocenters. The summed E-state index contributed by atoms with van der Waals surface area (Å²) in [6, 6.07) is 7.87. The summed E-state index contributed by atoms with van der Waals surface area (Å²) >= 11 is 1.64. The van der Waals surface area contributed by atoms with Crippen LogP contribution in [-0.2, 0) is 11.2 Å². The molecule has 2 rings (SSSR count). The Morgan fingerprint density at radius 2 is 1.96 bits per heavy atom. The molecule has 0 saturated carbocycles. The van der Waals surface area contributed by atoms with Gasteiger partial charge in [-0.2, -0.15) is 0 Å². The lowest BCUT2D eigenvalue weighted by Crippen LogP contribution is -2.27. The van der Waals surface area contributed by atoms with Crippen molar-refractivity contribution >= 4 is 23.3 Å². The Labute approximate surface area is 147 Å². The minimum absolute atomic E-state index is 0.00303. The number of methoxy groups -OCH3 is 2. The topological polar surface area (TPSA) is 38.8 Å². The van der Waals surface area contributed by atoms with Crippen molar-refractivity contribution in [3.8, 4) is 11.5 Å². The molecule has 0 unspecified atom stereocenters. The van der Waals surface area contributed by atoms with Gasteiger partial charge in [0.2, 0.25) is 5.91 Å². The van der Waals surface area contributed by atoms with Crippen LogP contribution in [0.3, 0.4) is 0 Å². The van der Waals surface area contributed by atoms with E-state index in [1.807, 2.05) is 43.6 Å². The third kappa shape index (κ3) is 4.61. The van der Waals surface area contributed by atoms with Crippen LogP contribution >= 0.6 is 11.3 Å². The number of rotatable bonds is 7. The lowest BCUT2D eigenvalue weighted by Gasteiger charge is -2.16. The van der Waals surface area contributed by atoms with E-state index in [9.17, 15) is 4.79 Å². The van der Waals surface area contributed by atoms with Gasteiger partial charge in [0.15, 0.2) is 11.5 Å². The summed E-state index contributed by atoms with van der Waals surface area (Å²) < 4.78 is 10.5. The van der Waals surface area contributed by atoms with Gasteiger partial charge in [-0.15, -0.1) is 11.3 Å². The molecule has 1 aromatic heterocycles. The number of carbonyl (C=O) groups excluding carboxylic acids is 1. The van der Waals surface area contributed by atoms with Crippen LogP contribution < -0.4 is 9.47 Å². The van der Waals surface area contributed by atoms with Gasteiger partial charge in [0.05, 0.1) is 14.2 Å². The minimum atomic E-state index is 0.00303. The van der Waals surface area contributed by atoms with Gasteiger partial charge in [0.25, 0.3) is 0 Å². The minimum Gasteiger partial charge on any atom is -0.493 e. The van der Waals surface area contributed by atoms with Crippen molar-refractivity contribution in [1.82, 2.24) is 4.90 Å². The summed E-state index contributed by atoms with van der Waals surface area (Å²) in [6.45, 7) is 2.68.